The molecule has 9 heteroatoms. The van der Waals surface area contributed by atoms with Gasteiger partial charge in [0, 0.05) is 41.0 Å². The number of benzene rings is 3. The number of unbranched alkanes of at least 4 members (excludes halogenated alkanes) is 1. The van der Waals surface area contributed by atoms with Gasteiger partial charge in [-0.15, -0.1) is 11.8 Å². The lowest BCUT2D eigenvalue weighted by atomic mass is 10.1. The highest BCUT2D eigenvalue weighted by Gasteiger charge is 2.24. The van der Waals surface area contributed by atoms with E-state index in [1.54, 1.807) is 11.8 Å². The van der Waals surface area contributed by atoms with Crippen molar-refractivity contribution < 1.29 is 14.3 Å². The summed E-state index contributed by atoms with van der Waals surface area (Å²) in [4.78, 5) is 36.4. The summed E-state index contributed by atoms with van der Waals surface area (Å²) in [5.41, 5.74) is 5.47. The van der Waals surface area contributed by atoms with E-state index in [0.717, 1.165) is 58.2 Å². The third-order valence-corrected chi connectivity index (χ3v) is 9.50. The van der Waals surface area contributed by atoms with Crippen molar-refractivity contribution in [3.63, 3.8) is 0 Å². The van der Waals surface area contributed by atoms with E-state index in [9.17, 15) is 9.59 Å². The van der Waals surface area contributed by atoms with Crippen molar-refractivity contribution in [1.29, 1.82) is 0 Å². The lowest BCUT2D eigenvalue weighted by Crippen LogP contribution is -2.22. The van der Waals surface area contributed by atoms with Crippen LogP contribution in [0.15, 0.2) is 77.7 Å². The Hall–Kier alpha value is -4.37. The number of hydrogen-bond donors (Lipinski definition) is 2. The second-order valence-corrected chi connectivity index (χ2v) is 15.6. The van der Waals surface area contributed by atoms with Crippen molar-refractivity contribution >= 4 is 51.5 Å². The van der Waals surface area contributed by atoms with Crippen LogP contribution in [0.25, 0.3) is 21.9 Å². The van der Waals surface area contributed by atoms with Gasteiger partial charge in [-0.2, -0.15) is 0 Å². The molecule has 1 saturated carbocycles. The van der Waals surface area contributed by atoms with E-state index in [0.29, 0.717) is 36.8 Å². The van der Waals surface area contributed by atoms with Gasteiger partial charge >= 0.3 is 6.09 Å². The minimum absolute atomic E-state index is 0.124. The van der Waals surface area contributed by atoms with Crippen molar-refractivity contribution in [1.82, 2.24) is 19.9 Å². The first-order valence-electron chi connectivity index (χ1n) is 17.0. The molecule has 1 aliphatic carbocycles. The molecular formula is C39H45N5O3S. The molecule has 0 atom stereocenters. The van der Waals surface area contributed by atoms with Crippen molar-refractivity contribution in [2.24, 2.45) is 5.92 Å². The lowest BCUT2D eigenvalue weighted by molar-refractivity contribution is -0.121. The molecule has 8 nitrogen and oxygen atoms in total. The van der Waals surface area contributed by atoms with Crippen molar-refractivity contribution in [2.75, 3.05) is 5.32 Å². The Balaban J connectivity index is 1.22. The summed E-state index contributed by atoms with van der Waals surface area (Å²) in [6.07, 6.45) is 5.24. The molecular weight excluding hydrogens is 619 g/mol. The number of aryl methyl sites for hydroxylation is 1. The van der Waals surface area contributed by atoms with E-state index in [-0.39, 0.29) is 17.3 Å². The summed E-state index contributed by atoms with van der Waals surface area (Å²) in [5.74, 6) is 2.04. The molecule has 1 fully saturated rings. The molecule has 0 aliphatic heterocycles. The number of aromatic nitrogens is 3. The first-order chi connectivity index (χ1) is 23.1. The number of imidazole rings is 1. The number of anilines is 1. The van der Waals surface area contributed by atoms with Crippen molar-refractivity contribution in [3.8, 4) is 0 Å². The standard InChI is InChI=1S/C39H45N5O3S/c1-5-6-11-33-42-35-36(44(33)24-28-16-14-27(15-17-28)23-40-34(45)22-26-12-13-26)31-9-7-8-10-32(31)41-37(35)43-38(46)47-25-29-18-20-30(21-19-29)48-39(2,3)4/h7-10,14-21,26H,5-6,11-13,22-25H2,1-4H3,(H,40,45)(H,41,43,46). The average molecular weight is 664 g/mol. The van der Waals surface area contributed by atoms with Crippen molar-refractivity contribution in [3.05, 3.63) is 95.3 Å². The number of amides is 2. The van der Waals surface area contributed by atoms with Gasteiger partial charge < -0.3 is 14.6 Å². The van der Waals surface area contributed by atoms with Crippen LogP contribution in [0, 0.1) is 5.92 Å². The number of nitrogens with zero attached hydrogens (tertiary/aromatic N) is 3. The third-order valence-electron chi connectivity index (χ3n) is 8.38. The molecule has 2 N–H and O–H groups in total. The fraction of sp³-hybridized carbons (Fsp3) is 0.385. The number of hydrogen-bond acceptors (Lipinski definition) is 6. The normalized spacial score (nSPS) is 13.2. The maximum absolute atomic E-state index is 13.1. The van der Waals surface area contributed by atoms with Gasteiger partial charge in [-0.1, -0.05) is 88.7 Å². The van der Waals surface area contributed by atoms with Crippen LogP contribution in [0.3, 0.4) is 0 Å². The summed E-state index contributed by atoms with van der Waals surface area (Å²) >= 11 is 1.80. The van der Waals surface area contributed by atoms with E-state index in [2.05, 4.69) is 85.4 Å². The van der Waals surface area contributed by atoms with E-state index >= 15 is 0 Å². The zero-order valence-corrected chi connectivity index (χ0v) is 29.2. The average Bonchev–Trinajstić information content (AvgIpc) is 3.81. The molecule has 48 heavy (non-hydrogen) atoms. The molecule has 2 amide bonds. The van der Waals surface area contributed by atoms with Crippen LogP contribution in [0.1, 0.15) is 82.3 Å². The number of fused-ring (bicyclic) bond motifs is 3. The predicted octanol–water partition coefficient (Wildman–Crippen LogP) is 9.03. The summed E-state index contributed by atoms with van der Waals surface area (Å²) in [7, 11) is 0. The van der Waals surface area contributed by atoms with Gasteiger partial charge in [0.2, 0.25) is 5.91 Å². The molecule has 0 bridgehead atoms. The Labute approximate surface area is 287 Å². The fourth-order valence-electron chi connectivity index (χ4n) is 5.76. The predicted molar refractivity (Wildman–Crippen MR) is 194 cm³/mol. The van der Waals surface area contributed by atoms with E-state index in [1.807, 2.05) is 30.3 Å². The molecule has 0 radical (unpaired) electrons. The van der Waals surface area contributed by atoms with Gasteiger partial charge in [0.1, 0.15) is 17.9 Å². The monoisotopic (exact) mass is 663 g/mol. The maximum atomic E-state index is 13.1. The summed E-state index contributed by atoms with van der Waals surface area (Å²) in [6, 6.07) is 24.5. The molecule has 5 aromatic rings. The largest absolute Gasteiger partial charge is 0.444 e. The highest BCUT2D eigenvalue weighted by atomic mass is 32.2. The highest BCUT2D eigenvalue weighted by molar-refractivity contribution is 8.00. The topological polar surface area (TPSA) is 98.1 Å². The molecule has 0 spiro atoms. The SMILES string of the molecule is CCCCc1nc2c(NC(=O)OCc3ccc(SC(C)(C)C)cc3)nc3ccccc3c2n1Cc1ccc(CNC(=O)CC2CC2)cc1. The number of carbonyl (C=O) groups is 2. The molecule has 0 unspecified atom stereocenters. The van der Waals surface area contributed by atoms with Crippen LogP contribution < -0.4 is 10.6 Å². The summed E-state index contributed by atoms with van der Waals surface area (Å²) < 4.78 is 8.02. The number of nitrogens with one attached hydrogen (secondary N) is 2. The van der Waals surface area contributed by atoms with Crippen LogP contribution in [0.4, 0.5) is 10.6 Å². The number of carbonyl (C=O) groups excluding carboxylic acids is 2. The Morgan fingerprint density at radius 1 is 0.938 bits per heavy atom. The molecule has 1 aliphatic rings. The lowest BCUT2D eigenvalue weighted by Gasteiger charge is -2.17. The Bertz CT molecular complexity index is 1890. The molecule has 2 aromatic heterocycles. The number of pyridine rings is 1. The van der Waals surface area contributed by atoms with Gasteiger partial charge in [-0.3, -0.25) is 10.1 Å². The second-order valence-electron chi connectivity index (χ2n) is 13.7. The summed E-state index contributed by atoms with van der Waals surface area (Å²) in [6.45, 7) is 10.0. The second kappa shape index (κ2) is 14.8. The van der Waals surface area contributed by atoms with Crippen molar-refractivity contribution in [2.45, 2.75) is 95.6 Å². The number of ether oxygens (including phenoxy) is 1. The molecule has 0 saturated heterocycles. The Morgan fingerprint density at radius 2 is 1.65 bits per heavy atom. The zero-order chi connectivity index (χ0) is 33.7. The van der Waals surface area contributed by atoms with E-state index < -0.39 is 6.09 Å². The van der Waals surface area contributed by atoms with Crippen LogP contribution in [0.5, 0.6) is 0 Å². The van der Waals surface area contributed by atoms with Gasteiger partial charge in [-0.05, 0) is 60.1 Å². The first kappa shape index (κ1) is 33.5. The van der Waals surface area contributed by atoms with Gasteiger partial charge in [-0.25, -0.2) is 14.8 Å². The number of thioether (sulfide) groups is 1. The third kappa shape index (κ3) is 8.75. The molecule has 2 heterocycles. The summed E-state index contributed by atoms with van der Waals surface area (Å²) in [5, 5.41) is 6.94. The number of rotatable bonds is 13. The highest BCUT2D eigenvalue weighted by Crippen LogP contribution is 2.34. The quantitative estimate of drug-likeness (QED) is 0.122. The Morgan fingerprint density at radius 3 is 2.35 bits per heavy atom. The van der Waals surface area contributed by atoms with Crippen LogP contribution in [-0.4, -0.2) is 31.3 Å². The first-order valence-corrected chi connectivity index (χ1v) is 17.8. The van der Waals surface area contributed by atoms with E-state index in [1.165, 1.54) is 17.7 Å². The maximum Gasteiger partial charge on any atom is 0.413 e. The fourth-order valence-corrected chi connectivity index (χ4v) is 6.74. The molecule has 250 valence electrons. The smallest absolute Gasteiger partial charge is 0.413 e. The van der Waals surface area contributed by atoms with Crippen LogP contribution in [0.2, 0.25) is 0 Å². The molecule has 3 aromatic carbocycles. The van der Waals surface area contributed by atoms with Crippen LogP contribution in [-0.2, 0) is 35.6 Å². The van der Waals surface area contributed by atoms with Gasteiger partial charge in [0.15, 0.2) is 5.82 Å². The van der Waals surface area contributed by atoms with E-state index in [4.69, 9.17) is 14.7 Å². The zero-order valence-electron chi connectivity index (χ0n) is 28.3. The minimum atomic E-state index is -0.573. The van der Waals surface area contributed by atoms with Crippen LogP contribution >= 0.6 is 11.8 Å². The molecule has 6 rings (SSSR count). The minimum Gasteiger partial charge on any atom is -0.444 e. The number of para-hydroxylation sites is 1. The van der Waals surface area contributed by atoms with Gasteiger partial charge in [0.25, 0.3) is 0 Å². The van der Waals surface area contributed by atoms with Gasteiger partial charge in [0.05, 0.1) is 11.0 Å². The Kier molecular flexibility index (Phi) is 10.3.